The summed E-state index contributed by atoms with van der Waals surface area (Å²) in [5.74, 6) is -0.855. The van der Waals surface area contributed by atoms with Crippen molar-refractivity contribution in [1.29, 1.82) is 0 Å². The second-order valence-corrected chi connectivity index (χ2v) is 4.26. The van der Waals surface area contributed by atoms with Gasteiger partial charge in [-0.25, -0.2) is 4.98 Å². The number of halogens is 3. The fraction of sp³-hybridized carbons (Fsp3) is 0.500. The highest BCUT2D eigenvalue weighted by Gasteiger charge is 2.29. The Hall–Kier alpha value is -1.83. The maximum Gasteiger partial charge on any atom is 0.405 e. The molecule has 20 heavy (non-hydrogen) atoms. The maximum absolute atomic E-state index is 12.1. The molecule has 8 heteroatoms. The molecule has 1 fully saturated rings. The van der Waals surface area contributed by atoms with E-state index in [-0.39, 0.29) is 17.5 Å². The van der Waals surface area contributed by atoms with Crippen LogP contribution in [-0.4, -0.2) is 42.9 Å². The second-order valence-electron chi connectivity index (χ2n) is 4.26. The Balaban J connectivity index is 2.04. The van der Waals surface area contributed by atoms with Crippen molar-refractivity contribution in [3.05, 3.63) is 23.9 Å². The molecule has 0 unspecified atom stereocenters. The molecule has 1 aliphatic rings. The number of amides is 1. The van der Waals surface area contributed by atoms with Crippen molar-refractivity contribution in [2.75, 3.05) is 19.8 Å². The van der Waals surface area contributed by atoms with E-state index >= 15 is 0 Å². The van der Waals surface area contributed by atoms with Gasteiger partial charge in [-0.15, -0.1) is 0 Å². The van der Waals surface area contributed by atoms with Gasteiger partial charge in [0, 0.05) is 12.6 Å². The maximum atomic E-state index is 12.1. The van der Waals surface area contributed by atoms with Gasteiger partial charge in [-0.1, -0.05) is 0 Å². The lowest BCUT2D eigenvalue weighted by molar-refractivity contribution is -0.123. The summed E-state index contributed by atoms with van der Waals surface area (Å²) in [4.78, 5) is 15.6. The summed E-state index contributed by atoms with van der Waals surface area (Å²) in [6.07, 6.45) is -2.64. The zero-order valence-electron chi connectivity index (χ0n) is 10.4. The molecule has 0 saturated carbocycles. The zero-order valence-corrected chi connectivity index (χ0v) is 10.4. The van der Waals surface area contributed by atoms with Crippen molar-refractivity contribution >= 4 is 5.91 Å². The Labute approximate surface area is 113 Å². The van der Waals surface area contributed by atoms with Crippen LogP contribution in [0, 0.1) is 0 Å². The van der Waals surface area contributed by atoms with Crippen LogP contribution in [-0.2, 0) is 4.74 Å². The highest BCUT2D eigenvalue weighted by molar-refractivity contribution is 5.96. The predicted molar refractivity (Wildman–Crippen MR) is 62.5 cm³/mol. The van der Waals surface area contributed by atoms with Crippen LogP contribution in [0.3, 0.4) is 0 Å². The lowest BCUT2D eigenvalue weighted by atomic mass is 10.2. The Morgan fingerprint density at radius 1 is 1.55 bits per heavy atom. The van der Waals surface area contributed by atoms with Crippen LogP contribution in [0.25, 0.3) is 0 Å². The summed E-state index contributed by atoms with van der Waals surface area (Å²) in [7, 11) is 0. The zero-order chi connectivity index (χ0) is 14.6. The molecular weight excluding hydrogens is 277 g/mol. The van der Waals surface area contributed by atoms with Crippen LogP contribution < -0.4 is 10.1 Å². The molecule has 1 N–H and O–H groups in total. The number of ether oxygens (including phenoxy) is 2. The van der Waals surface area contributed by atoms with Crippen LogP contribution in [0.4, 0.5) is 13.2 Å². The molecule has 1 atom stereocenters. The summed E-state index contributed by atoms with van der Waals surface area (Å²) >= 11 is 0. The summed E-state index contributed by atoms with van der Waals surface area (Å²) in [6, 6.07) is 2.82. The summed E-state index contributed by atoms with van der Waals surface area (Å²) in [6.45, 7) is -0.472. The van der Waals surface area contributed by atoms with Gasteiger partial charge in [-0.3, -0.25) is 4.79 Å². The molecule has 1 amide bonds. The van der Waals surface area contributed by atoms with Gasteiger partial charge in [0.2, 0.25) is 5.88 Å². The number of rotatable bonds is 4. The normalized spacial score (nSPS) is 18.9. The topological polar surface area (TPSA) is 60.5 Å². The number of pyridine rings is 1. The minimum Gasteiger partial charge on any atom is -0.471 e. The number of hydrogen-bond acceptors (Lipinski definition) is 4. The molecule has 1 saturated heterocycles. The number of nitrogens with one attached hydrogen (secondary N) is 1. The second kappa shape index (κ2) is 6.08. The largest absolute Gasteiger partial charge is 0.471 e. The molecule has 0 radical (unpaired) electrons. The molecule has 0 bridgehead atoms. The van der Waals surface area contributed by atoms with Crippen LogP contribution >= 0.6 is 0 Å². The molecule has 0 aliphatic carbocycles. The number of carbonyl (C=O) groups excluding carboxylic acids is 1. The smallest absolute Gasteiger partial charge is 0.405 e. The van der Waals surface area contributed by atoms with E-state index in [0.29, 0.717) is 19.6 Å². The number of nitrogens with zero attached hydrogens (tertiary/aromatic N) is 1. The Kier molecular flexibility index (Phi) is 4.43. The van der Waals surface area contributed by atoms with E-state index in [1.807, 2.05) is 0 Å². The van der Waals surface area contributed by atoms with Gasteiger partial charge in [0.25, 0.3) is 5.91 Å². The first-order chi connectivity index (χ1) is 9.46. The van der Waals surface area contributed by atoms with Crippen molar-refractivity contribution in [1.82, 2.24) is 10.3 Å². The minimum absolute atomic E-state index is 0.0164. The molecule has 1 aromatic rings. The average molecular weight is 290 g/mol. The summed E-state index contributed by atoms with van der Waals surface area (Å²) in [5, 5.41) is 1.79. The van der Waals surface area contributed by atoms with Crippen molar-refractivity contribution in [2.45, 2.75) is 18.7 Å². The fourth-order valence-corrected chi connectivity index (χ4v) is 1.70. The Bertz CT molecular complexity index is 473. The van der Waals surface area contributed by atoms with Gasteiger partial charge in [-0.05, 0) is 12.1 Å². The minimum atomic E-state index is -4.46. The summed E-state index contributed by atoms with van der Waals surface area (Å²) in [5.41, 5.74) is -0.0244. The van der Waals surface area contributed by atoms with Crippen LogP contribution in [0.2, 0.25) is 0 Å². The third-order valence-corrected chi connectivity index (χ3v) is 2.63. The quantitative estimate of drug-likeness (QED) is 0.914. The number of hydrogen-bond donors (Lipinski definition) is 1. The monoisotopic (exact) mass is 290 g/mol. The predicted octanol–water partition coefficient (Wildman–Crippen LogP) is 1.54. The first kappa shape index (κ1) is 14.6. The molecule has 0 aromatic carbocycles. The molecule has 5 nitrogen and oxygen atoms in total. The average Bonchev–Trinajstić information content (AvgIpc) is 2.89. The van der Waals surface area contributed by atoms with E-state index in [0.717, 1.165) is 0 Å². The molecular formula is C12H13F3N2O3. The van der Waals surface area contributed by atoms with Gasteiger partial charge in [0.05, 0.1) is 13.2 Å². The first-order valence-corrected chi connectivity index (χ1v) is 6.00. The van der Waals surface area contributed by atoms with Gasteiger partial charge >= 0.3 is 6.18 Å². The first-order valence-electron chi connectivity index (χ1n) is 6.00. The molecule has 2 heterocycles. The van der Waals surface area contributed by atoms with Gasteiger partial charge in [0.15, 0.2) is 0 Å². The Morgan fingerprint density at radius 3 is 3.00 bits per heavy atom. The SMILES string of the molecule is O=C(NCC(F)(F)F)c1cccnc1O[C@@H]1CCOC1. The van der Waals surface area contributed by atoms with E-state index in [1.54, 1.807) is 5.32 Å². The number of aromatic nitrogens is 1. The van der Waals surface area contributed by atoms with E-state index in [4.69, 9.17) is 9.47 Å². The standard InChI is InChI=1S/C12H13F3N2O3/c13-12(14,15)7-17-10(18)9-2-1-4-16-11(9)20-8-3-5-19-6-8/h1-2,4,8H,3,5-7H2,(H,17,18)/t8-/m1/s1. The van der Waals surface area contributed by atoms with Crippen LogP contribution in [0.15, 0.2) is 18.3 Å². The Morgan fingerprint density at radius 2 is 2.35 bits per heavy atom. The van der Waals surface area contributed by atoms with E-state index in [9.17, 15) is 18.0 Å². The van der Waals surface area contributed by atoms with E-state index in [1.165, 1.54) is 18.3 Å². The van der Waals surface area contributed by atoms with Crippen molar-refractivity contribution in [2.24, 2.45) is 0 Å². The third-order valence-electron chi connectivity index (χ3n) is 2.63. The molecule has 1 aromatic heterocycles. The van der Waals surface area contributed by atoms with E-state index < -0.39 is 18.6 Å². The van der Waals surface area contributed by atoms with Gasteiger partial charge in [-0.2, -0.15) is 13.2 Å². The number of carbonyl (C=O) groups is 1. The molecule has 1 aliphatic heterocycles. The summed E-state index contributed by atoms with van der Waals surface area (Å²) < 4.78 is 46.8. The third kappa shape index (κ3) is 4.09. The van der Waals surface area contributed by atoms with Crippen LogP contribution in [0.1, 0.15) is 16.8 Å². The van der Waals surface area contributed by atoms with E-state index in [2.05, 4.69) is 4.98 Å². The van der Waals surface area contributed by atoms with Gasteiger partial charge in [0.1, 0.15) is 18.2 Å². The van der Waals surface area contributed by atoms with Crippen molar-refractivity contribution in [3.8, 4) is 5.88 Å². The highest BCUT2D eigenvalue weighted by atomic mass is 19.4. The lowest BCUT2D eigenvalue weighted by Gasteiger charge is -2.14. The number of alkyl halides is 3. The fourth-order valence-electron chi connectivity index (χ4n) is 1.70. The van der Waals surface area contributed by atoms with Crippen molar-refractivity contribution in [3.63, 3.8) is 0 Å². The van der Waals surface area contributed by atoms with Crippen molar-refractivity contribution < 1.29 is 27.4 Å². The highest BCUT2D eigenvalue weighted by Crippen LogP contribution is 2.20. The molecule has 0 spiro atoms. The lowest BCUT2D eigenvalue weighted by Crippen LogP contribution is -2.34. The van der Waals surface area contributed by atoms with Gasteiger partial charge < -0.3 is 14.8 Å². The molecule has 2 rings (SSSR count). The van der Waals surface area contributed by atoms with Crippen LogP contribution in [0.5, 0.6) is 5.88 Å². The molecule has 110 valence electrons.